The Balaban J connectivity index is 1.86. The summed E-state index contributed by atoms with van der Waals surface area (Å²) >= 11 is 0. The largest absolute Gasteiger partial charge is 0.492 e. The van der Waals surface area contributed by atoms with Gasteiger partial charge in [-0.2, -0.15) is 0 Å². The quantitative estimate of drug-likeness (QED) is 0.634. The van der Waals surface area contributed by atoms with E-state index in [1.54, 1.807) is 47.4 Å². The van der Waals surface area contributed by atoms with Gasteiger partial charge in [0, 0.05) is 12.6 Å². The lowest BCUT2D eigenvalue weighted by Crippen LogP contribution is -2.24. The van der Waals surface area contributed by atoms with Crippen LogP contribution in [-0.4, -0.2) is 26.0 Å². The van der Waals surface area contributed by atoms with Gasteiger partial charge >= 0.3 is 0 Å². The molecule has 0 spiro atoms. The Bertz CT molecular complexity index is 613. The molecule has 4 nitrogen and oxygen atoms in total. The molecular formula is C16H18FN3O. The number of hydrogen-bond donors (Lipinski definition) is 2. The van der Waals surface area contributed by atoms with Gasteiger partial charge in [-0.25, -0.2) is 4.39 Å². The van der Waals surface area contributed by atoms with Crippen molar-refractivity contribution in [2.24, 2.45) is 5.73 Å². The van der Waals surface area contributed by atoms with Crippen molar-refractivity contribution in [3.8, 4) is 5.75 Å². The fourth-order valence-corrected chi connectivity index (χ4v) is 1.91. The van der Waals surface area contributed by atoms with Crippen molar-refractivity contribution >= 4 is 11.5 Å². The molecule has 5 heteroatoms. The van der Waals surface area contributed by atoms with Crippen molar-refractivity contribution in [3.63, 3.8) is 0 Å². The average Bonchev–Trinajstić information content (AvgIpc) is 2.48. The van der Waals surface area contributed by atoms with Gasteiger partial charge in [-0.3, -0.25) is 5.41 Å². The highest BCUT2D eigenvalue weighted by Crippen LogP contribution is 2.17. The van der Waals surface area contributed by atoms with Gasteiger partial charge < -0.3 is 15.4 Å². The highest BCUT2D eigenvalue weighted by molar-refractivity contribution is 5.94. The Hall–Kier alpha value is -2.56. The number of rotatable bonds is 6. The normalized spacial score (nSPS) is 10.2. The summed E-state index contributed by atoms with van der Waals surface area (Å²) in [6, 6.07) is 13.6. The maximum atomic E-state index is 13.6. The Morgan fingerprint density at radius 1 is 1.19 bits per heavy atom. The zero-order valence-corrected chi connectivity index (χ0v) is 11.8. The third-order valence-electron chi connectivity index (χ3n) is 3.12. The second-order valence-corrected chi connectivity index (χ2v) is 4.66. The van der Waals surface area contributed by atoms with Gasteiger partial charge in [-0.15, -0.1) is 0 Å². The molecule has 2 aromatic rings. The van der Waals surface area contributed by atoms with Crippen LogP contribution in [0.25, 0.3) is 0 Å². The summed E-state index contributed by atoms with van der Waals surface area (Å²) in [5.41, 5.74) is 6.59. The summed E-state index contributed by atoms with van der Waals surface area (Å²) in [6.07, 6.45) is 0. The molecule has 0 aliphatic carbocycles. The number of nitrogen functional groups attached to an aromatic ring is 1. The molecule has 0 aromatic heterocycles. The smallest absolute Gasteiger partial charge is 0.146 e. The van der Waals surface area contributed by atoms with Crippen LogP contribution in [0.2, 0.25) is 0 Å². The predicted molar refractivity (Wildman–Crippen MR) is 82.6 cm³/mol. The van der Waals surface area contributed by atoms with Crippen LogP contribution in [-0.2, 0) is 0 Å². The van der Waals surface area contributed by atoms with Crippen molar-refractivity contribution in [1.29, 1.82) is 5.41 Å². The molecule has 21 heavy (non-hydrogen) atoms. The lowest BCUT2D eigenvalue weighted by Gasteiger charge is -2.20. The van der Waals surface area contributed by atoms with Gasteiger partial charge in [0.15, 0.2) is 0 Å². The monoisotopic (exact) mass is 287 g/mol. The molecule has 0 unspecified atom stereocenters. The maximum Gasteiger partial charge on any atom is 0.146 e. The van der Waals surface area contributed by atoms with Crippen LogP contribution in [0.4, 0.5) is 10.1 Å². The number of nitrogens with zero attached hydrogens (tertiary/aromatic N) is 1. The highest BCUT2D eigenvalue weighted by atomic mass is 19.1. The first-order chi connectivity index (χ1) is 10.1. The van der Waals surface area contributed by atoms with Crippen LogP contribution in [0.1, 0.15) is 5.56 Å². The number of halogens is 1. The second-order valence-electron chi connectivity index (χ2n) is 4.66. The number of para-hydroxylation sites is 1. The molecular weight excluding hydrogens is 269 g/mol. The minimum Gasteiger partial charge on any atom is -0.492 e. The molecule has 0 atom stereocenters. The number of nitrogens with two attached hydrogens (primary N) is 1. The van der Waals surface area contributed by atoms with Crippen LogP contribution in [0, 0.1) is 11.2 Å². The summed E-state index contributed by atoms with van der Waals surface area (Å²) in [5, 5.41) is 7.31. The molecule has 110 valence electrons. The number of likely N-dealkylation sites (N-methyl/N-ethyl adjacent to an activating group) is 1. The van der Waals surface area contributed by atoms with E-state index in [4.69, 9.17) is 15.9 Å². The van der Waals surface area contributed by atoms with Gasteiger partial charge in [-0.05, 0) is 36.4 Å². The van der Waals surface area contributed by atoms with Crippen molar-refractivity contribution in [1.82, 2.24) is 0 Å². The first kappa shape index (κ1) is 14.8. The van der Waals surface area contributed by atoms with Crippen LogP contribution in [0.3, 0.4) is 0 Å². The van der Waals surface area contributed by atoms with Crippen LogP contribution < -0.4 is 15.4 Å². The first-order valence-corrected chi connectivity index (χ1v) is 6.61. The third kappa shape index (κ3) is 3.95. The molecule has 0 saturated carbocycles. The molecule has 0 aliphatic rings. The topological polar surface area (TPSA) is 62.3 Å². The van der Waals surface area contributed by atoms with Crippen molar-refractivity contribution < 1.29 is 9.13 Å². The summed E-state index contributed by atoms with van der Waals surface area (Å²) in [4.78, 5) is 1.80. The molecule has 0 aliphatic heterocycles. The molecule has 0 amide bonds. The number of benzene rings is 2. The van der Waals surface area contributed by atoms with Gasteiger partial charge in [0.25, 0.3) is 0 Å². The molecule has 0 bridgehead atoms. The molecule has 0 fully saturated rings. The molecule has 2 aromatic carbocycles. The summed E-state index contributed by atoms with van der Waals surface area (Å²) < 4.78 is 19.2. The molecule has 3 N–H and O–H groups in total. The number of hydrogen-bond acceptors (Lipinski definition) is 3. The Morgan fingerprint density at radius 3 is 2.48 bits per heavy atom. The summed E-state index contributed by atoms with van der Waals surface area (Å²) in [6.45, 7) is 1.000. The predicted octanol–water partition coefficient (Wildman–Crippen LogP) is 2.62. The zero-order chi connectivity index (χ0) is 15.2. The maximum absolute atomic E-state index is 13.6. The van der Waals surface area contributed by atoms with E-state index in [0.29, 0.717) is 30.2 Å². The van der Waals surface area contributed by atoms with E-state index in [9.17, 15) is 4.39 Å². The number of amidine groups is 1. The van der Waals surface area contributed by atoms with E-state index in [1.807, 2.05) is 7.05 Å². The minimum absolute atomic E-state index is 0.0286. The second kappa shape index (κ2) is 6.74. The summed E-state index contributed by atoms with van der Waals surface area (Å²) in [7, 11) is 1.82. The molecule has 0 saturated heterocycles. The van der Waals surface area contributed by atoms with E-state index in [-0.39, 0.29) is 11.7 Å². The van der Waals surface area contributed by atoms with Crippen molar-refractivity contribution in [2.75, 3.05) is 25.1 Å². The van der Waals surface area contributed by atoms with E-state index < -0.39 is 0 Å². The molecule has 2 rings (SSSR count). The van der Waals surface area contributed by atoms with E-state index in [2.05, 4.69) is 0 Å². The number of anilines is 1. The zero-order valence-electron chi connectivity index (χ0n) is 11.8. The molecule has 0 heterocycles. The van der Waals surface area contributed by atoms with E-state index in [1.165, 1.54) is 6.07 Å². The SMILES string of the molecule is CN(CCOc1ccc(C(=N)N)cc1)c1ccccc1F. The van der Waals surface area contributed by atoms with Crippen molar-refractivity contribution in [2.45, 2.75) is 0 Å². The fraction of sp³-hybridized carbons (Fsp3) is 0.188. The standard InChI is InChI=1S/C16H18FN3O/c1-20(15-5-3-2-4-14(15)17)10-11-21-13-8-6-12(7-9-13)16(18)19/h2-9H,10-11H2,1H3,(H3,18,19). The first-order valence-electron chi connectivity index (χ1n) is 6.61. The Labute approximate surface area is 123 Å². The van der Waals surface area contributed by atoms with E-state index >= 15 is 0 Å². The van der Waals surface area contributed by atoms with Gasteiger partial charge in [0.1, 0.15) is 24.0 Å². The Morgan fingerprint density at radius 2 is 1.86 bits per heavy atom. The summed E-state index contributed by atoms with van der Waals surface area (Å²) in [5.74, 6) is 0.480. The van der Waals surface area contributed by atoms with Crippen molar-refractivity contribution in [3.05, 3.63) is 59.9 Å². The average molecular weight is 287 g/mol. The van der Waals surface area contributed by atoms with Gasteiger partial charge in [0.05, 0.1) is 12.2 Å². The highest BCUT2D eigenvalue weighted by Gasteiger charge is 2.06. The van der Waals surface area contributed by atoms with Gasteiger partial charge in [-0.1, -0.05) is 12.1 Å². The fourth-order valence-electron chi connectivity index (χ4n) is 1.91. The number of ether oxygens (including phenoxy) is 1. The molecule has 0 radical (unpaired) electrons. The van der Waals surface area contributed by atoms with E-state index in [0.717, 1.165) is 0 Å². The third-order valence-corrected chi connectivity index (χ3v) is 3.12. The van der Waals surface area contributed by atoms with Crippen LogP contribution in [0.5, 0.6) is 5.75 Å². The Kier molecular flexibility index (Phi) is 4.77. The number of nitrogens with one attached hydrogen (secondary N) is 1. The van der Waals surface area contributed by atoms with Gasteiger partial charge in [0.2, 0.25) is 0 Å². The van der Waals surface area contributed by atoms with Crippen LogP contribution >= 0.6 is 0 Å². The lowest BCUT2D eigenvalue weighted by atomic mass is 10.2. The van der Waals surface area contributed by atoms with Crippen LogP contribution in [0.15, 0.2) is 48.5 Å². The lowest BCUT2D eigenvalue weighted by molar-refractivity contribution is 0.325. The minimum atomic E-state index is -0.245.